The van der Waals surface area contributed by atoms with Gasteiger partial charge in [0.25, 0.3) is 0 Å². The van der Waals surface area contributed by atoms with Crippen LogP contribution in [0.25, 0.3) is 0 Å². The molecule has 0 saturated carbocycles. The van der Waals surface area contributed by atoms with Gasteiger partial charge in [-0.05, 0) is 18.9 Å². The number of aliphatic hydroxyl groups excluding tert-OH is 1. The number of ketones is 1. The standard InChI is InChI=1S/C36H44BN3O5/c1-25(2)19-33(36(44)39-31(26(3)41)21-28-15-9-5-10-16-28)40-35(43)30(20-27-13-7-4-8-14-27)23-34(42)32(38-24-37-45)22-29-17-11-6-12-18-29/h4-18,24-25,30-34,42H,19-23H2,1-3H3,(H,39,44)(H,40,43)/b38-24+/t30-,31+,32+,33+,34-/m1/s1. The van der Waals surface area contributed by atoms with Gasteiger partial charge in [-0.2, -0.15) is 0 Å². The van der Waals surface area contributed by atoms with Crippen LogP contribution in [0.3, 0.4) is 0 Å². The number of rotatable bonds is 18. The normalized spacial score (nSPS) is 14.6. The van der Waals surface area contributed by atoms with Gasteiger partial charge in [-0.15, -0.1) is 0 Å². The molecule has 0 radical (unpaired) electrons. The quantitative estimate of drug-likeness (QED) is 0.148. The number of carbonyl (C=O) groups excluding carboxylic acids is 3. The Kier molecular flexibility index (Phi) is 14.5. The molecule has 9 heteroatoms. The monoisotopic (exact) mass is 609 g/mol. The van der Waals surface area contributed by atoms with Gasteiger partial charge >= 0.3 is 207 Å². The fourth-order valence-electron chi connectivity index (χ4n) is 5.33. The number of hydrogen-bond donors (Lipinski definition) is 3. The maximum absolute atomic E-state index is 13.9. The summed E-state index contributed by atoms with van der Waals surface area (Å²) < 4.78 is 11.1. The average Bonchev–Trinajstić information content (AvgIpc) is 3.03. The number of nitrogens with one attached hydrogen (secondary N) is 2. The van der Waals surface area contributed by atoms with Crippen LogP contribution in [0.4, 0.5) is 0 Å². The number of nitrogens with zero attached hydrogens (tertiary/aromatic N) is 1. The van der Waals surface area contributed by atoms with E-state index in [9.17, 15) is 24.2 Å². The zero-order valence-electron chi connectivity index (χ0n) is 26.3. The number of aliphatic imine (C=N–C) groups is 1. The Morgan fingerprint density at radius 3 is 1.71 bits per heavy atom. The summed E-state index contributed by atoms with van der Waals surface area (Å²) in [6, 6.07) is 26.2. The van der Waals surface area contributed by atoms with Crippen molar-refractivity contribution in [2.24, 2.45) is 16.8 Å². The van der Waals surface area contributed by atoms with Crippen molar-refractivity contribution in [1.82, 2.24) is 10.6 Å². The Bertz CT molecular complexity index is 1390. The van der Waals surface area contributed by atoms with Crippen LogP contribution in [0.5, 0.6) is 0 Å². The van der Waals surface area contributed by atoms with E-state index in [1.807, 2.05) is 105 Å². The Labute approximate surface area is 267 Å². The predicted molar refractivity (Wildman–Crippen MR) is 177 cm³/mol. The Morgan fingerprint density at radius 1 is 0.733 bits per heavy atom. The summed E-state index contributed by atoms with van der Waals surface area (Å²) in [4.78, 5) is 44.3. The van der Waals surface area contributed by atoms with Crippen LogP contribution < -0.4 is 10.6 Å². The summed E-state index contributed by atoms with van der Waals surface area (Å²) in [6.45, 7) is 5.37. The van der Waals surface area contributed by atoms with Gasteiger partial charge in [0.2, 0.25) is 0 Å². The van der Waals surface area contributed by atoms with Crippen LogP contribution in [0, 0.1) is 11.8 Å². The van der Waals surface area contributed by atoms with Gasteiger partial charge in [-0.1, -0.05) is 30.3 Å². The van der Waals surface area contributed by atoms with Crippen LogP contribution in [-0.2, 0) is 38.4 Å². The molecule has 0 heterocycles. The Hall–Kier alpha value is -4.24. The molecule has 0 bridgehead atoms. The molecular formula is C36H44BN3O5. The van der Waals surface area contributed by atoms with Gasteiger partial charge < -0.3 is 0 Å². The molecular weight excluding hydrogens is 565 g/mol. The van der Waals surface area contributed by atoms with Gasteiger partial charge in [0.15, 0.2) is 5.78 Å². The molecule has 0 spiro atoms. The first-order valence-electron chi connectivity index (χ1n) is 15.5. The molecule has 0 aromatic heterocycles. The predicted octanol–water partition coefficient (Wildman–Crippen LogP) is 4.13. The molecule has 0 aliphatic rings. The van der Waals surface area contributed by atoms with Crippen molar-refractivity contribution in [3.05, 3.63) is 108 Å². The van der Waals surface area contributed by atoms with Gasteiger partial charge in [0, 0.05) is 0 Å². The molecule has 0 fully saturated rings. The summed E-state index contributed by atoms with van der Waals surface area (Å²) in [6.07, 6.45) is 1.59. The number of amides is 2. The number of benzene rings is 3. The number of Topliss-reactive ketones (excluding diaryl/α,β-unsaturated/α-hetero) is 1. The van der Waals surface area contributed by atoms with Crippen molar-refractivity contribution in [2.75, 3.05) is 0 Å². The molecule has 0 aliphatic heterocycles. The van der Waals surface area contributed by atoms with Gasteiger partial charge in [-0.25, -0.2) is 0 Å². The van der Waals surface area contributed by atoms with Crippen molar-refractivity contribution >= 4 is 30.9 Å². The van der Waals surface area contributed by atoms with E-state index < -0.39 is 36.1 Å². The first-order chi connectivity index (χ1) is 21.7. The van der Waals surface area contributed by atoms with Gasteiger partial charge in [-0.3, -0.25) is 4.79 Å². The third kappa shape index (κ3) is 12.4. The second kappa shape index (κ2) is 18.5. The molecule has 5 atom stereocenters. The van der Waals surface area contributed by atoms with Crippen LogP contribution in [0.1, 0.15) is 50.3 Å². The van der Waals surface area contributed by atoms with Crippen molar-refractivity contribution in [1.29, 1.82) is 0 Å². The summed E-state index contributed by atoms with van der Waals surface area (Å²) >= 11 is 0. The molecule has 8 nitrogen and oxygen atoms in total. The zero-order chi connectivity index (χ0) is 32.6. The molecule has 3 aromatic carbocycles. The van der Waals surface area contributed by atoms with E-state index in [2.05, 4.69) is 15.6 Å². The summed E-state index contributed by atoms with van der Waals surface area (Å²) in [5.41, 5.74) is 2.77. The van der Waals surface area contributed by atoms with E-state index in [1.54, 1.807) is 0 Å². The van der Waals surface area contributed by atoms with Crippen molar-refractivity contribution in [3.63, 3.8) is 0 Å². The van der Waals surface area contributed by atoms with Crippen LogP contribution in [0.15, 0.2) is 96.0 Å². The third-order valence-electron chi connectivity index (χ3n) is 7.72. The first kappa shape index (κ1) is 35.2. The van der Waals surface area contributed by atoms with E-state index in [-0.39, 0.29) is 24.0 Å². The molecule has 236 valence electrons. The van der Waals surface area contributed by atoms with E-state index in [0.717, 1.165) is 22.8 Å². The van der Waals surface area contributed by atoms with Gasteiger partial charge in [0.05, 0.1) is 0 Å². The molecule has 2 amide bonds. The second-order valence-corrected chi connectivity index (χ2v) is 11.9. The molecule has 3 aromatic rings. The molecule has 3 rings (SSSR count). The van der Waals surface area contributed by atoms with Crippen molar-refractivity contribution in [2.45, 2.75) is 77.1 Å². The summed E-state index contributed by atoms with van der Waals surface area (Å²) in [5.74, 6) is -1.59. The molecule has 45 heavy (non-hydrogen) atoms. The van der Waals surface area contributed by atoms with E-state index in [0.29, 0.717) is 32.8 Å². The third-order valence-corrected chi connectivity index (χ3v) is 7.72. The number of carbonyl (C=O) groups is 3. The van der Waals surface area contributed by atoms with Gasteiger partial charge in [0.1, 0.15) is 0 Å². The van der Waals surface area contributed by atoms with E-state index in [1.165, 1.54) is 6.92 Å². The number of aliphatic hydroxyl groups is 1. The minimum atomic E-state index is -1.04. The van der Waals surface area contributed by atoms with Crippen LogP contribution in [0.2, 0.25) is 0 Å². The summed E-state index contributed by atoms with van der Waals surface area (Å²) in [7, 11) is 0.570. The summed E-state index contributed by atoms with van der Waals surface area (Å²) in [5, 5.41) is 17.2. The van der Waals surface area contributed by atoms with Crippen molar-refractivity contribution < 1.29 is 24.2 Å². The van der Waals surface area contributed by atoms with E-state index in [4.69, 9.17) is 0 Å². The Morgan fingerprint density at radius 2 is 1.22 bits per heavy atom. The fraction of sp³-hybridized carbons (Fsp3) is 0.389. The molecule has 0 saturated heterocycles. The average molecular weight is 610 g/mol. The maximum atomic E-state index is 13.9. The van der Waals surface area contributed by atoms with Crippen molar-refractivity contribution in [3.8, 4) is 0 Å². The van der Waals surface area contributed by atoms with E-state index >= 15 is 0 Å². The fourth-order valence-corrected chi connectivity index (χ4v) is 5.33. The topological polar surface area (TPSA) is 125 Å². The molecule has 3 N–H and O–H groups in total. The molecule has 0 unspecified atom stereocenters. The second-order valence-electron chi connectivity index (χ2n) is 11.9. The molecule has 0 aliphatic carbocycles. The van der Waals surface area contributed by atoms with Crippen LogP contribution >= 0.6 is 0 Å². The minimum absolute atomic E-state index is 0.0640. The van der Waals surface area contributed by atoms with Crippen LogP contribution in [-0.4, -0.2) is 60.2 Å². The first-order valence-corrected chi connectivity index (χ1v) is 15.5. The number of hydrogen-bond acceptors (Lipinski definition) is 6. The zero-order valence-corrected chi connectivity index (χ0v) is 26.3. The Balaban J connectivity index is 1.81. The SMILES string of the molecule is CC(=O)[C@H](Cc1ccccc1)NC(=O)[C@H](CC(C)C)NC(=O)[C@H](Cc1ccccc1)C[C@@H](O)[C@H](Cc1ccccc1)/N=C/B=O.